The molecule has 0 amide bonds. The number of rotatable bonds is 4. The van der Waals surface area contributed by atoms with Crippen molar-refractivity contribution < 1.29 is 14.3 Å². The largest absolute Gasteiger partial charge is 0.486 e. The Bertz CT molecular complexity index is 677. The Balaban J connectivity index is 2.18. The zero-order chi connectivity index (χ0) is 15.4. The van der Waals surface area contributed by atoms with E-state index in [4.69, 9.17) is 27.3 Å². The van der Waals surface area contributed by atoms with Gasteiger partial charge < -0.3 is 15.7 Å². The molecule has 110 valence electrons. The SMILES string of the molecule is N/C(=N/O)c1ccc(OCc2ccc(Cl)cc2)c(F)c1Br. The van der Waals surface area contributed by atoms with Crippen molar-refractivity contribution in [2.75, 3.05) is 0 Å². The van der Waals surface area contributed by atoms with Crippen LogP contribution in [0.25, 0.3) is 0 Å². The monoisotopic (exact) mass is 372 g/mol. The molecule has 0 saturated carbocycles. The van der Waals surface area contributed by atoms with Crippen LogP contribution in [-0.4, -0.2) is 11.0 Å². The number of ether oxygens (including phenoxy) is 1. The molecule has 7 heteroatoms. The molecule has 0 aromatic heterocycles. The van der Waals surface area contributed by atoms with E-state index in [1.807, 2.05) is 0 Å². The third-order valence-corrected chi connectivity index (χ3v) is 3.77. The van der Waals surface area contributed by atoms with E-state index in [1.54, 1.807) is 24.3 Å². The average Bonchev–Trinajstić information content (AvgIpc) is 2.49. The van der Waals surface area contributed by atoms with E-state index in [9.17, 15) is 4.39 Å². The number of hydrogen-bond acceptors (Lipinski definition) is 3. The molecule has 0 unspecified atom stereocenters. The summed E-state index contributed by atoms with van der Waals surface area (Å²) < 4.78 is 19.6. The van der Waals surface area contributed by atoms with Crippen molar-refractivity contribution in [3.8, 4) is 5.75 Å². The van der Waals surface area contributed by atoms with Crippen LogP contribution in [0.1, 0.15) is 11.1 Å². The fourth-order valence-corrected chi connectivity index (χ4v) is 2.29. The lowest BCUT2D eigenvalue weighted by Gasteiger charge is -2.10. The van der Waals surface area contributed by atoms with Gasteiger partial charge in [-0.3, -0.25) is 0 Å². The van der Waals surface area contributed by atoms with Gasteiger partial charge in [0.1, 0.15) is 6.61 Å². The van der Waals surface area contributed by atoms with Crippen LogP contribution < -0.4 is 10.5 Å². The summed E-state index contributed by atoms with van der Waals surface area (Å²) >= 11 is 8.85. The lowest BCUT2D eigenvalue weighted by molar-refractivity contribution is 0.289. The highest BCUT2D eigenvalue weighted by Gasteiger charge is 2.15. The summed E-state index contributed by atoms with van der Waals surface area (Å²) in [7, 11) is 0. The van der Waals surface area contributed by atoms with E-state index in [1.165, 1.54) is 12.1 Å². The Morgan fingerprint density at radius 2 is 1.95 bits per heavy atom. The molecule has 0 spiro atoms. The minimum atomic E-state index is -0.618. The van der Waals surface area contributed by atoms with Crippen molar-refractivity contribution in [3.63, 3.8) is 0 Å². The maximum atomic E-state index is 14.1. The second-order valence-electron chi connectivity index (χ2n) is 4.14. The van der Waals surface area contributed by atoms with Crippen molar-refractivity contribution >= 4 is 33.4 Å². The Morgan fingerprint density at radius 1 is 1.29 bits per heavy atom. The average molecular weight is 374 g/mol. The molecule has 0 radical (unpaired) electrons. The number of halogens is 3. The first-order valence-corrected chi connectivity index (χ1v) is 7.03. The fourth-order valence-electron chi connectivity index (χ4n) is 1.64. The predicted molar refractivity (Wildman–Crippen MR) is 82.4 cm³/mol. The molecule has 0 aliphatic rings. The summed E-state index contributed by atoms with van der Waals surface area (Å²) in [5, 5.41) is 12.1. The van der Waals surface area contributed by atoms with E-state index in [0.29, 0.717) is 5.02 Å². The van der Waals surface area contributed by atoms with Crippen molar-refractivity contribution in [1.82, 2.24) is 0 Å². The van der Waals surface area contributed by atoms with Gasteiger partial charge in [-0.15, -0.1) is 0 Å². The van der Waals surface area contributed by atoms with Crippen LogP contribution in [0.3, 0.4) is 0 Å². The first-order chi connectivity index (χ1) is 10.0. The summed E-state index contributed by atoms with van der Waals surface area (Å²) in [5.74, 6) is -0.746. The highest BCUT2D eigenvalue weighted by molar-refractivity contribution is 9.10. The van der Waals surface area contributed by atoms with Crippen molar-refractivity contribution in [3.05, 3.63) is 62.8 Å². The molecule has 0 aliphatic heterocycles. The van der Waals surface area contributed by atoms with Crippen LogP contribution in [0.2, 0.25) is 5.02 Å². The molecule has 0 heterocycles. The van der Waals surface area contributed by atoms with E-state index in [-0.39, 0.29) is 28.2 Å². The van der Waals surface area contributed by atoms with Crippen LogP contribution in [0, 0.1) is 5.82 Å². The zero-order valence-electron chi connectivity index (χ0n) is 10.7. The van der Waals surface area contributed by atoms with Crippen molar-refractivity contribution in [1.29, 1.82) is 0 Å². The number of amidine groups is 1. The Hall–Kier alpha value is -1.79. The molecule has 2 aromatic rings. The van der Waals surface area contributed by atoms with Gasteiger partial charge >= 0.3 is 0 Å². The molecule has 0 aliphatic carbocycles. The second kappa shape index (κ2) is 6.78. The number of nitrogens with zero attached hydrogens (tertiary/aromatic N) is 1. The Morgan fingerprint density at radius 3 is 2.57 bits per heavy atom. The van der Waals surface area contributed by atoms with Gasteiger partial charge in [-0.2, -0.15) is 0 Å². The number of nitrogens with two attached hydrogens (primary N) is 1. The smallest absolute Gasteiger partial charge is 0.179 e. The molecule has 3 N–H and O–H groups in total. The molecule has 21 heavy (non-hydrogen) atoms. The van der Waals surface area contributed by atoms with Gasteiger partial charge in [-0.25, -0.2) is 4.39 Å². The molecule has 2 rings (SSSR count). The van der Waals surface area contributed by atoms with E-state index < -0.39 is 5.82 Å². The number of hydrogen-bond donors (Lipinski definition) is 2. The third kappa shape index (κ3) is 3.65. The first kappa shape index (κ1) is 15.6. The van der Waals surface area contributed by atoms with Crippen molar-refractivity contribution in [2.24, 2.45) is 10.9 Å². The maximum absolute atomic E-state index is 14.1. The van der Waals surface area contributed by atoms with Gasteiger partial charge in [0.05, 0.1) is 4.47 Å². The van der Waals surface area contributed by atoms with Crippen LogP contribution in [0.4, 0.5) is 4.39 Å². The highest BCUT2D eigenvalue weighted by atomic mass is 79.9. The maximum Gasteiger partial charge on any atom is 0.179 e. The lowest BCUT2D eigenvalue weighted by Crippen LogP contribution is -2.14. The Labute approximate surface area is 134 Å². The van der Waals surface area contributed by atoms with Crippen molar-refractivity contribution in [2.45, 2.75) is 6.61 Å². The molecule has 0 bridgehead atoms. The molecular formula is C14H11BrClFN2O2. The molecule has 0 fully saturated rings. The normalized spacial score (nSPS) is 11.5. The second-order valence-corrected chi connectivity index (χ2v) is 5.37. The summed E-state index contributed by atoms with van der Waals surface area (Å²) in [6.07, 6.45) is 0. The van der Waals surface area contributed by atoms with Crippen LogP contribution in [0.5, 0.6) is 5.75 Å². The standard InChI is InChI=1S/C14H11BrClFN2O2/c15-12-10(14(18)19-20)5-6-11(13(12)17)21-7-8-1-3-9(16)4-2-8/h1-6,20H,7H2,(H2,18,19). The minimum Gasteiger partial charge on any atom is -0.486 e. The zero-order valence-corrected chi connectivity index (χ0v) is 13.0. The fraction of sp³-hybridized carbons (Fsp3) is 0.0714. The Kier molecular flexibility index (Phi) is 5.03. The van der Waals surface area contributed by atoms with Gasteiger partial charge in [0.15, 0.2) is 17.4 Å². The summed E-state index contributed by atoms with van der Waals surface area (Å²) in [4.78, 5) is 0. The van der Waals surface area contributed by atoms with Gasteiger partial charge in [0.2, 0.25) is 0 Å². The number of oxime groups is 1. The van der Waals surface area contributed by atoms with Crippen LogP contribution >= 0.6 is 27.5 Å². The minimum absolute atomic E-state index is 0.0614. The molecule has 2 aromatic carbocycles. The molecule has 4 nitrogen and oxygen atoms in total. The van der Waals surface area contributed by atoms with Crippen LogP contribution in [0.15, 0.2) is 46.0 Å². The first-order valence-electron chi connectivity index (χ1n) is 5.86. The lowest BCUT2D eigenvalue weighted by atomic mass is 10.2. The highest BCUT2D eigenvalue weighted by Crippen LogP contribution is 2.29. The topological polar surface area (TPSA) is 67.8 Å². The number of benzene rings is 2. The predicted octanol–water partition coefficient (Wildman–Crippen LogP) is 3.92. The van der Waals surface area contributed by atoms with E-state index >= 15 is 0 Å². The summed E-state index contributed by atoms with van der Waals surface area (Å²) in [6, 6.07) is 9.96. The summed E-state index contributed by atoms with van der Waals surface area (Å²) in [5.41, 5.74) is 6.54. The van der Waals surface area contributed by atoms with Gasteiger partial charge in [-0.05, 0) is 45.8 Å². The van der Waals surface area contributed by atoms with E-state index in [2.05, 4.69) is 21.1 Å². The van der Waals surface area contributed by atoms with Crippen LogP contribution in [-0.2, 0) is 6.61 Å². The third-order valence-electron chi connectivity index (χ3n) is 2.74. The van der Waals surface area contributed by atoms with E-state index in [0.717, 1.165) is 5.56 Å². The van der Waals surface area contributed by atoms with Gasteiger partial charge in [0.25, 0.3) is 0 Å². The molecule has 0 saturated heterocycles. The molecular weight excluding hydrogens is 363 g/mol. The van der Waals surface area contributed by atoms with Gasteiger partial charge in [-0.1, -0.05) is 28.9 Å². The molecule has 0 atom stereocenters. The quantitative estimate of drug-likeness (QED) is 0.369. The summed E-state index contributed by atoms with van der Waals surface area (Å²) in [6.45, 7) is 0.198. The van der Waals surface area contributed by atoms with Gasteiger partial charge in [0, 0.05) is 10.6 Å².